The van der Waals surface area contributed by atoms with Gasteiger partial charge in [0.05, 0.1) is 0 Å². The monoisotopic (exact) mass is 450 g/mol. The summed E-state index contributed by atoms with van der Waals surface area (Å²) in [6.45, 7) is 0.563. The molecule has 0 spiro atoms. The third kappa shape index (κ3) is 16.0. The van der Waals surface area contributed by atoms with Crippen LogP contribution in [0.15, 0.2) is 24.3 Å². The fourth-order valence-electron chi connectivity index (χ4n) is 4.11. The summed E-state index contributed by atoms with van der Waals surface area (Å²) in [6, 6.07) is 0.262. The van der Waals surface area contributed by atoms with Gasteiger partial charge in [-0.25, -0.2) is 0 Å². The summed E-state index contributed by atoms with van der Waals surface area (Å²) in [5.74, 6) is -0.0812. The van der Waals surface area contributed by atoms with Gasteiger partial charge in [-0.15, -0.1) is 0 Å². The number of carbonyl (C=O) groups is 2. The van der Waals surface area contributed by atoms with Crippen LogP contribution in [-0.2, 0) is 9.59 Å². The quantitative estimate of drug-likeness (QED) is 0.174. The van der Waals surface area contributed by atoms with Gasteiger partial charge < -0.3 is 20.8 Å². The van der Waals surface area contributed by atoms with Crippen molar-refractivity contribution in [2.75, 3.05) is 13.2 Å². The maximum Gasteiger partial charge on any atom is 0.243 e. The lowest BCUT2D eigenvalue weighted by Crippen LogP contribution is -2.36. The van der Waals surface area contributed by atoms with Crippen molar-refractivity contribution in [1.29, 1.82) is 0 Å². The van der Waals surface area contributed by atoms with E-state index in [0.717, 1.165) is 83.5 Å². The van der Waals surface area contributed by atoms with Crippen LogP contribution in [0.5, 0.6) is 0 Å². The van der Waals surface area contributed by atoms with Gasteiger partial charge in [0.1, 0.15) is 0 Å². The van der Waals surface area contributed by atoms with Gasteiger partial charge >= 0.3 is 0 Å². The summed E-state index contributed by atoms with van der Waals surface area (Å²) in [5.41, 5.74) is 0. The molecule has 0 aromatic carbocycles. The summed E-state index contributed by atoms with van der Waals surface area (Å²) in [7, 11) is 0. The minimum atomic E-state index is -0.0430. The van der Waals surface area contributed by atoms with Gasteiger partial charge in [0.25, 0.3) is 0 Å². The van der Waals surface area contributed by atoms with Gasteiger partial charge in [0, 0.05) is 25.3 Å². The van der Waals surface area contributed by atoms with Gasteiger partial charge in [-0.2, -0.15) is 0 Å². The number of allylic oxidation sites excluding steroid dienone is 2. The molecule has 6 nitrogen and oxygen atoms in total. The molecule has 1 fully saturated rings. The number of aliphatic hydroxyl groups excluding tert-OH is 2. The lowest BCUT2D eigenvalue weighted by Gasteiger charge is -2.13. The molecule has 0 heterocycles. The molecule has 2 amide bonds. The largest absolute Gasteiger partial charge is 0.396 e. The first-order valence-electron chi connectivity index (χ1n) is 12.8. The Labute approximate surface area is 194 Å². The third-order valence-electron chi connectivity index (χ3n) is 5.97. The van der Waals surface area contributed by atoms with Crippen LogP contribution in [0, 0.1) is 0 Å². The zero-order valence-electron chi connectivity index (χ0n) is 19.9. The van der Waals surface area contributed by atoms with Crippen LogP contribution in [0.3, 0.4) is 0 Å². The average Bonchev–Trinajstić information content (AvgIpc) is 3.20. The smallest absolute Gasteiger partial charge is 0.243 e. The van der Waals surface area contributed by atoms with Crippen LogP contribution in [0.2, 0.25) is 0 Å². The molecule has 0 aromatic rings. The van der Waals surface area contributed by atoms with Crippen molar-refractivity contribution in [2.24, 2.45) is 0 Å². The maximum atomic E-state index is 12.1. The summed E-state index contributed by atoms with van der Waals surface area (Å²) < 4.78 is 0. The minimum absolute atomic E-state index is 0.0381. The van der Waals surface area contributed by atoms with Crippen molar-refractivity contribution in [3.63, 3.8) is 0 Å². The van der Waals surface area contributed by atoms with Crippen molar-refractivity contribution >= 4 is 11.8 Å². The lowest BCUT2D eigenvalue weighted by atomic mass is 10.1. The molecule has 1 saturated carbocycles. The Morgan fingerprint density at radius 3 is 1.41 bits per heavy atom. The highest BCUT2D eigenvalue weighted by Crippen LogP contribution is 2.19. The lowest BCUT2D eigenvalue weighted by molar-refractivity contribution is -0.117. The van der Waals surface area contributed by atoms with Crippen molar-refractivity contribution in [3.05, 3.63) is 24.3 Å². The number of hydrogen-bond donors (Lipinski definition) is 4. The number of nitrogens with one attached hydrogen (secondary N) is 2. The molecule has 1 rings (SSSR count). The second kappa shape index (κ2) is 20.0. The van der Waals surface area contributed by atoms with Crippen LogP contribution >= 0.6 is 0 Å². The van der Waals surface area contributed by atoms with Crippen molar-refractivity contribution < 1.29 is 19.8 Å². The van der Waals surface area contributed by atoms with Gasteiger partial charge in [-0.1, -0.05) is 57.1 Å². The van der Waals surface area contributed by atoms with E-state index in [2.05, 4.69) is 10.6 Å². The molecule has 184 valence electrons. The number of amides is 2. The molecule has 1 aliphatic carbocycles. The van der Waals surface area contributed by atoms with Crippen LogP contribution < -0.4 is 10.6 Å². The second-order valence-electron chi connectivity index (χ2n) is 8.94. The Bertz CT molecular complexity index is 548. The van der Waals surface area contributed by atoms with E-state index in [1.807, 2.05) is 12.2 Å². The van der Waals surface area contributed by atoms with Gasteiger partial charge in [0.2, 0.25) is 11.8 Å². The molecule has 1 aliphatic rings. The molecule has 0 unspecified atom stereocenters. The van der Waals surface area contributed by atoms with E-state index in [1.54, 1.807) is 12.2 Å². The first kappa shape index (κ1) is 28.4. The number of unbranched alkanes of at least 4 members (excludes halogenated alkanes) is 11. The standard InChI is InChI=1S/C26H46N2O4/c29-20-14-10-6-2-1-4-8-12-16-25(31)27-23-18-19-24(22-23)28-26(32)17-13-9-5-3-7-11-15-21-30/h12-13,16-17,23-24,29-30H,1-11,14-15,18-22H2,(H,27,31)(H,28,32)/b16-12+,17-13+/t23-,24+/m1/s1. The predicted octanol–water partition coefficient (Wildman–Crippen LogP) is 4.31. The molecule has 0 aliphatic heterocycles. The van der Waals surface area contributed by atoms with Crippen LogP contribution in [0.1, 0.15) is 103 Å². The average molecular weight is 451 g/mol. The zero-order valence-corrected chi connectivity index (χ0v) is 19.9. The molecule has 6 heteroatoms. The molecule has 0 radical (unpaired) electrons. The Hall–Kier alpha value is -1.66. The zero-order chi connectivity index (χ0) is 23.3. The number of carbonyl (C=O) groups excluding carboxylic acids is 2. The SMILES string of the molecule is O=C(/C=C/CCCCCCCCO)N[C@@H]1CC[C@H](NC(=O)/C=C/CCCCCCCO)C1. The van der Waals surface area contributed by atoms with E-state index in [-0.39, 0.29) is 37.1 Å². The maximum absolute atomic E-state index is 12.1. The minimum Gasteiger partial charge on any atom is -0.396 e. The number of hydrogen-bond acceptors (Lipinski definition) is 4. The topological polar surface area (TPSA) is 98.7 Å². The normalized spacial score (nSPS) is 18.6. The molecule has 0 saturated heterocycles. The van der Waals surface area contributed by atoms with Crippen LogP contribution in [-0.4, -0.2) is 47.3 Å². The fraction of sp³-hybridized carbons (Fsp3) is 0.769. The molecule has 32 heavy (non-hydrogen) atoms. The summed E-state index contributed by atoms with van der Waals surface area (Å²) >= 11 is 0. The van der Waals surface area contributed by atoms with E-state index in [0.29, 0.717) is 0 Å². The van der Waals surface area contributed by atoms with Crippen LogP contribution in [0.4, 0.5) is 0 Å². The summed E-state index contributed by atoms with van der Waals surface area (Å²) in [6.07, 6.45) is 23.5. The van der Waals surface area contributed by atoms with Crippen molar-refractivity contribution in [1.82, 2.24) is 10.6 Å². The van der Waals surface area contributed by atoms with E-state index >= 15 is 0 Å². The molecular weight excluding hydrogens is 404 g/mol. The van der Waals surface area contributed by atoms with Crippen molar-refractivity contribution in [2.45, 2.75) is 115 Å². The highest BCUT2D eigenvalue weighted by Gasteiger charge is 2.26. The first-order valence-corrected chi connectivity index (χ1v) is 12.8. The second-order valence-corrected chi connectivity index (χ2v) is 8.94. The Balaban J connectivity index is 2.05. The van der Waals surface area contributed by atoms with Gasteiger partial charge in [-0.3, -0.25) is 9.59 Å². The summed E-state index contributed by atoms with van der Waals surface area (Å²) in [5, 5.41) is 23.6. The van der Waals surface area contributed by atoms with Crippen molar-refractivity contribution in [3.8, 4) is 0 Å². The highest BCUT2D eigenvalue weighted by molar-refractivity contribution is 5.88. The van der Waals surface area contributed by atoms with E-state index in [1.165, 1.54) is 19.3 Å². The molecule has 0 bridgehead atoms. The highest BCUT2D eigenvalue weighted by atomic mass is 16.3. The predicted molar refractivity (Wildman–Crippen MR) is 130 cm³/mol. The van der Waals surface area contributed by atoms with E-state index in [4.69, 9.17) is 10.2 Å². The molecule has 2 atom stereocenters. The number of rotatable bonds is 19. The Morgan fingerprint density at radius 1 is 0.625 bits per heavy atom. The van der Waals surface area contributed by atoms with E-state index < -0.39 is 0 Å². The van der Waals surface area contributed by atoms with Gasteiger partial charge in [-0.05, 0) is 69.9 Å². The molecular formula is C26H46N2O4. The van der Waals surface area contributed by atoms with E-state index in [9.17, 15) is 9.59 Å². The Morgan fingerprint density at radius 2 is 1.00 bits per heavy atom. The fourth-order valence-corrected chi connectivity index (χ4v) is 4.11. The van der Waals surface area contributed by atoms with Crippen LogP contribution in [0.25, 0.3) is 0 Å². The number of aliphatic hydroxyl groups is 2. The molecule has 4 N–H and O–H groups in total. The first-order chi connectivity index (χ1) is 15.7. The molecule has 0 aromatic heterocycles. The summed E-state index contributed by atoms with van der Waals surface area (Å²) in [4.78, 5) is 24.2. The van der Waals surface area contributed by atoms with Gasteiger partial charge in [0.15, 0.2) is 0 Å². The third-order valence-corrected chi connectivity index (χ3v) is 5.97. The Kier molecular flexibility index (Phi) is 17.7.